The number of anilines is 1. The molecule has 2 aromatic carbocycles. The number of nitrogens with zero attached hydrogens (tertiary/aromatic N) is 4. The summed E-state index contributed by atoms with van der Waals surface area (Å²) in [5.74, 6) is 0.762. The van der Waals surface area contributed by atoms with Crippen LogP contribution in [-0.2, 0) is 17.5 Å². The van der Waals surface area contributed by atoms with Crippen LogP contribution in [0.4, 0.5) is 18.9 Å². The van der Waals surface area contributed by atoms with Gasteiger partial charge in [0, 0.05) is 12.2 Å². The predicted octanol–water partition coefficient (Wildman–Crippen LogP) is 3.89. The highest BCUT2D eigenvalue weighted by molar-refractivity contribution is 5.50. The van der Waals surface area contributed by atoms with Gasteiger partial charge in [-0.05, 0) is 42.0 Å². The Morgan fingerprint density at radius 1 is 1.17 bits per heavy atom. The van der Waals surface area contributed by atoms with Crippen molar-refractivity contribution in [2.24, 2.45) is 0 Å². The van der Waals surface area contributed by atoms with Crippen molar-refractivity contribution >= 4 is 5.69 Å². The van der Waals surface area contributed by atoms with Gasteiger partial charge in [-0.2, -0.15) is 13.2 Å². The van der Waals surface area contributed by atoms with Gasteiger partial charge < -0.3 is 14.4 Å². The molecule has 0 radical (unpaired) electrons. The lowest BCUT2D eigenvalue weighted by Gasteiger charge is -2.23. The number of hydrogen-bond acceptors (Lipinski definition) is 5. The zero-order valence-electron chi connectivity index (χ0n) is 15.6. The van der Waals surface area contributed by atoms with Crippen molar-refractivity contribution in [3.8, 4) is 5.75 Å². The van der Waals surface area contributed by atoms with E-state index in [0.29, 0.717) is 24.4 Å². The Labute approximate surface area is 165 Å². The molecule has 1 aliphatic rings. The van der Waals surface area contributed by atoms with Gasteiger partial charge in [0.15, 0.2) is 6.23 Å². The maximum absolute atomic E-state index is 12.9. The summed E-state index contributed by atoms with van der Waals surface area (Å²) in [6.45, 7) is 1.42. The third-order valence-electron chi connectivity index (χ3n) is 4.70. The molecule has 0 saturated carbocycles. The van der Waals surface area contributed by atoms with Crippen molar-refractivity contribution in [1.29, 1.82) is 0 Å². The van der Waals surface area contributed by atoms with Crippen molar-refractivity contribution in [2.45, 2.75) is 18.9 Å². The maximum atomic E-state index is 12.9. The van der Waals surface area contributed by atoms with Crippen molar-refractivity contribution < 1.29 is 22.6 Å². The lowest BCUT2D eigenvalue weighted by Crippen LogP contribution is -2.23. The predicted molar refractivity (Wildman–Crippen MR) is 99.6 cm³/mol. The molecule has 29 heavy (non-hydrogen) atoms. The van der Waals surface area contributed by atoms with E-state index in [1.807, 2.05) is 24.3 Å². The summed E-state index contributed by atoms with van der Waals surface area (Å²) in [7, 11) is 1.61. The minimum Gasteiger partial charge on any atom is -0.497 e. The van der Waals surface area contributed by atoms with Gasteiger partial charge in [-0.1, -0.05) is 17.3 Å². The number of ether oxygens (including phenoxy) is 2. The second-order valence-electron chi connectivity index (χ2n) is 6.65. The van der Waals surface area contributed by atoms with E-state index in [9.17, 15) is 13.2 Å². The van der Waals surface area contributed by atoms with Crippen molar-refractivity contribution in [3.05, 3.63) is 71.5 Å². The standard InChI is InChI=1S/C20H19F3N4O2/c1-28-17-7-5-16(6-8-17)27-9-10-29-19(27)18-13-26(25-24-18)12-14-3-2-4-15(11-14)20(21,22)23/h2-8,11,13,19H,9-10,12H2,1H3. The maximum Gasteiger partial charge on any atom is 0.416 e. The third-order valence-corrected chi connectivity index (χ3v) is 4.70. The van der Waals surface area contributed by atoms with Crippen molar-refractivity contribution in [2.75, 3.05) is 25.2 Å². The van der Waals surface area contributed by atoms with Crippen LogP contribution in [0.2, 0.25) is 0 Å². The van der Waals surface area contributed by atoms with Crippen LogP contribution in [-0.4, -0.2) is 35.3 Å². The molecular formula is C20H19F3N4O2. The molecule has 0 amide bonds. The van der Waals surface area contributed by atoms with Gasteiger partial charge in [0.2, 0.25) is 0 Å². The Bertz CT molecular complexity index is 972. The van der Waals surface area contributed by atoms with Crippen molar-refractivity contribution in [1.82, 2.24) is 15.0 Å². The van der Waals surface area contributed by atoms with E-state index in [-0.39, 0.29) is 6.54 Å². The van der Waals surface area contributed by atoms with E-state index < -0.39 is 18.0 Å². The SMILES string of the molecule is COc1ccc(N2CCOC2c2cn(Cc3cccc(C(F)(F)F)c3)nn2)cc1. The van der Waals surface area contributed by atoms with E-state index in [1.54, 1.807) is 19.4 Å². The van der Waals surface area contributed by atoms with Crippen LogP contribution >= 0.6 is 0 Å². The van der Waals surface area contributed by atoms with Gasteiger partial charge in [-0.3, -0.25) is 0 Å². The highest BCUT2D eigenvalue weighted by Crippen LogP contribution is 2.32. The normalized spacial score (nSPS) is 17.0. The number of hydrogen-bond donors (Lipinski definition) is 0. The first-order valence-electron chi connectivity index (χ1n) is 9.02. The fourth-order valence-corrected chi connectivity index (χ4v) is 3.29. The average Bonchev–Trinajstić information content (AvgIpc) is 3.37. The number of methoxy groups -OCH3 is 1. The largest absolute Gasteiger partial charge is 0.497 e. The van der Waals surface area contributed by atoms with Crippen LogP contribution in [0.1, 0.15) is 23.0 Å². The van der Waals surface area contributed by atoms with E-state index >= 15 is 0 Å². The molecule has 1 atom stereocenters. The topological polar surface area (TPSA) is 52.4 Å². The number of alkyl halides is 3. The molecular weight excluding hydrogens is 385 g/mol. The first kappa shape index (κ1) is 19.3. The first-order valence-corrected chi connectivity index (χ1v) is 9.02. The monoisotopic (exact) mass is 404 g/mol. The highest BCUT2D eigenvalue weighted by atomic mass is 19.4. The summed E-state index contributed by atoms with van der Waals surface area (Å²) in [6, 6.07) is 12.8. The number of aromatic nitrogens is 3. The van der Waals surface area contributed by atoms with Crippen molar-refractivity contribution in [3.63, 3.8) is 0 Å². The molecule has 0 bridgehead atoms. The number of halogens is 3. The van der Waals surface area contributed by atoms with Gasteiger partial charge in [0.05, 0.1) is 32.0 Å². The lowest BCUT2D eigenvalue weighted by molar-refractivity contribution is -0.137. The Morgan fingerprint density at radius 2 is 1.97 bits per heavy atom. The molecule has 4 rings (SSSR count). The molecule has 0 N–H and O–H groups in total. The zero-order valence-corrected chi connectivity index (χ0v) is 15.6. The molecule has 1 fully saturated rings. The van der Waals surface area contributed by atoms with E-state index in [1.165, 1.54) is 10.7 Å². The van der Waals surface area contributed by atoms with E-state index in [4.69, 9.17) is 9.47 Å². The molecule has 0 spiro atoms. The molecule has 1 saturated heterocycles. The summed E-state index contributed by atoms with van der Waals surface area (Å²) < 4.78 is 51.2. The molecule has 0 aliphatic carbocycles. The summed E-state index contributed by atoms with van der Waals surface area (Å²) >= 11 is 0. The summed E-state index contributed by atoms with van der Waals surface area (Å²) in [4.78, 5) is 2.05. The molecule has 2 heterocycles. The first-order chi connectivity index (χ1) is 13.9. The molecule has 1 unspecified atom stereocenters. The van der Waals surface area contributed by atoms with Gasteiger partial charge in [-0.25, -0.2) is 4.68 Å². The molecule has 3 aromatic rings. The van der Waals surface area contributed by atoms with Crippen LogP contribution in [0.15, 0.2) is 54.7 Å². The molecule has 9 heteroatoms. The van der Waals surface area contributed by atoms with Gasteiger partial charge in [-0.15, -0.1) is 5.10 Å². The fourth-order valence-electron chi connectivity index (χ4n) is 3.29. The van der Waals surface area contributed by atoms with E-state index in [2.05, 4.69) is 15.2 Å². The van der Waals surface area contributed by atoms with Gasteiger partial charge >= 0.3 is 6.18 Å². The number of benzene rings is 2. The average molecular weight is 404 g/mol. The molecule has 6 nitrogen and oxygen atoms in total. The molecule has 152 valence electrons. The van der Waals surface area contributed by atoms with Gasteiger partial charge in [0.25, 0.3) is 0 Å². The second-order valence-corrected chi connectivity index (χ2v) is 6.65. The van der Waals surface area contributed by atoms with Gasteiger partial charge in [0.1, 0.15) is 11.4 Å². The summed E-state index contributed by atoms with van der Waals surface area (Å²) in [6.07, 6.45) is -3.08. The highest BCUT2D eigenvalue weighted by Gasteiger charge is 2.31. The van der Waals surface area contributed by atoms with Crippen LogP contribution < -0.4 is 9.64 Å². The Kier molecular flexibility index (Phi) is 5.14. The Hall–Kier alpha value is -3.07. The summed E-state index contributed by atoms with van der Waals surface area (Å²) in [5, 5.41) is 8.24. The quantitative estimate of drug-likeness (QED) is 0.646. The van der Waals surface area contributed by atoms with Crippen LogP contribution in [0, 0.1) is 0 Å². The van der Waals surface area contributed by atoms with Crippen LogP contribution in [0.3, 0.4) is 0 Å². The summed E-state index contributed by atoms with van der Waals surface area (Å²) in [5.41, 5.74) is 1.38. The van der Waals surface area contributed by atoms with Crippen LogP contribution in [0.5, 0.6) is 5.75 Å². The Balaban J connectivity index is 1.51. The smallest absolute Gasteiger partial charge is 0.416 e. The Morgan fingerprint density at radius 3 is 2.69 bits per heavy atom. The zero-order chi connectivity index (χ0) is 20.4. The molecule has 1 aliphatic heterocycles. The minimum absolute atomic E-state index is 0.187. The van der Waals surface area contributed by atoms with E-state index in [0.717, 1.165) is 23.6 Å². The minimum atomic E-state index is -4.37. The second kappa shape index (κ2) is 7.75. The fraction of sp³-hybridized carbons (Fsp3) is 0.300. The molecule has 1 aromatic heterocycles. The van der Waals surface area contributed by atoms with Crippen LogP contribution in [0.25, 0.3) is 0 Å². The number of rotatable bonds is 5. The lowest BCUT2D eigenvalue weighted by atomic mass is 10.1. The third kappa shape index (κ3) is 4.19.